The van der Waals surface area contributed by atoms with Gasteiger partial charge in [-0.25, -0.2) is 0 Å². The lowest BCUT2D eigenvalue weighted by Gasteiger charge is -2.27. The van der Waals surface area contributed by atoms with E-state index < -0.39 is 0 Å². The lowest BCUT2D eigenvalue weighted by Crippen LogP contribution is -2.36. The second-order valence-corrected chi connectivity index (χ2v) is 4.93. The zero-order valence-electron chi connectivity index (χ0n) is 11.6. The first kappa shape index (κ1) is 15.9. The van der Waals surface area contributed by atoms with E-state index in [-0.39, 0.29) is 5.60 Å². The summed E-state index contributed by atoms with van der Waals surface area (Å²) in [5, 5.41) is 3.51. The SMILES string of the molecule is CCOCCCCNC(C)CC(C)(C)OC. The quantitative estimate of drug-likeness (QED) is 0.586. The molecule has 1 N–H and O–H groups in total. The van der Waals surface area contributed by atoms with E-state index in [1.54, 1.807) is 7.11 Å². The van der Waals surface area contributed by atoms with Crippen LogP contribution in [-0.2, 0) is 9.47 Å². The van der Waals surface area contributed by atoms with Crippen molar-refractivity contribution in [3.05, 3.63) is 0 Å². The molecule has 3 nitrogen and oxygen atoms in total. The molecule has 1 atom stereocenters. The average Bonchev–Trinajstić information content (AvgIpc) is 2.22. The monoisotopic (exact) mass is 231 g/mol. The van der Waals surface area contributed by atoms with E-state index in [1.165, 1.54) is 6.42 Å². The van der Waals surface area contributed by atoms with Gasteiger partial charge in [-0.3, -0.25) is 0 Å². The van der Waals surface area contributed by atoms with E-state index in [0.717, 1.165) is 32.6 Å². The molecule has 0 radical (unpaired) electrons. The fourth-order valence-corrected chi connectivity index (χ4v) is 1.71. The minimum absolute atomic E-state index is 0.0300. The molecular formula is C13H29NO2. The molecule has 3 heteroatoms. The van der Waals surface area contributed by atoms with Crippen LogP contribution in [0.4, 0.5) is 0 Å². The fraction of sp³-hybridized carbons (Fsp3) is 1.00. The Hall–Kier alpha value is -0.120. The predicted octanol–water partition coefficient (Wildman–Crippen LogP) is 2.60. The zero-order chi connectivity index (χ0) is 12.4. The first-order valence-corrected chi connectivity index (χ1v) is 6.38. The van der Waals surface area contributed by atoms with Crippen LogP contribution in [0.3, 0.4) is 0 Å². The Bertz CT molecular complexity index is 160. The van der Waals surface area contributed by atoms with E-state index in [9.17, 15) is 0 Å². The van der Waals surface area contributed by atoms with Crippen LogP contribution in [0.15, 0.2) is 0 Å². The number of methoxy groups -OCH3 is 1. The smallest absolute Gasteiger partial charge is 0.0637 e. The Kier molecular flexibility index (Phi) is 8.90. The van der Waals surface area contributed by atoms with Gasteiger partial charge >= 0.3 is 0 Å². The second-order valence-electron chi connectivity index (χ2n) is 4.93. The summed E-state index contributed by atoms with van der Waals surface area (Å²) in [4.78, 5) is 0. The highest BCUT2D eigenvalue weighted by Gasteiger charge is 2.19. The number of rotatable bonds is 10. The summed E-state index contributed by atoms with van der Waals surface area (Å²) in [7, 11) is 1.77. The molecule has 1 unspecified atom stereocenters. The van der Waals surface area contributed by atoms with Crippen LogP contribution >= 0.6 is 0 Å². The van der Waals surface area contributed by atoms with Crippen molar-refractivity contribution in [3.63, 3.8) is 0 Å². The molecule has 0 spiro atoms. The van der Waals surface area contributed by atoms with Crippen molar-refractivity contribution in [2.45, 2.75) is 58.6 Å². The lowest BCUT2D eigenvalue weighted by molar-refractivity contribution is 0.00855. The highest BCUT2D eigenvalue weighted by Crippen LogP contribution is 2.15. The number of unbranched alkanes of at least 4 members (excludes halogenated alkanes) is 1. The molecule has 0 heterocycles. The van der Waals surface area contributed by atoms with Gasteiger partial charge in [0.25, 0.3) is 0 Å². The molecule has 0 aliphatic carbocycles. The molecular weight excluding hydrogens is 202 g/mol. The van der Waals surface area contributed by atoms with Crippen LogP contribution in [0.2, 0.25) is 0 Å². The summed E-state index contributed by atoms with van der Waals surface area (Å²) in [6, 6.07) is 0.502. The summed E-state index contributed by atoms with van der Waals surface area (Å²) < 4.78 is 10.7. The maximum atomic E-state index is 5.41. The first-order chi connectivity index (χ1) is 7.52. The largest absolute Gasteiger partial charge is 0.382 e. The van der Waals surface area contributed by atoms with Gasteiger partial charge in [0, 0.05) is 26.4 Å². The highest BCUT2D eigenvalue weighted by atomic mass is 16.5. The molecule has 0 rings (SSSR count). The van der Waals surface area contributed by atoms with Crippen LogP contribution in [0.1, 0.15) is 47.0 Å². The van der Waals surface area contributed by atoms with Gasteiger partial charge in [-0.2, -0.15) is 0 Å². The molecule has 0 saturated carbocycles. The molecule has 0 aliphatic heterocycles. The van der Waals surface area contributed by atoms with E-state index in [4.69, 9.17) is 9.47 Å². The Labute approximate surface area is 101 Å². The Morgan fingerprint density at radius 3 is 2.50 bits per heavy atom. The van der Waals surface area contributed by atoms with Gasteiger partial charge in [-0.05, 0) is 53.5 Å². The van der Waals surface area contributed by atoms with Gasteiger partial charge in [0.1, 0.15) is 0 Å². The van der Waals surface area contributed by atoms with E-state index in [2.05, 4.69) is 26.1 Å². The van der Waals surface area contributed by atoms with Gasteiger partial charge in [0.05, 0.1) is 5.60 Å². The zero-order valence-corrected chi connectivity index (χ0v) is 11.6. The summed E-state index contributed by atoms with van der Waals surface area (Å²) in [5.74, 6) is 0. The lowest BCUT2D eigenvalue weighted by atomic mass is 10.00. The molecule has 0 aliphatic rings. The Balaban J connectivity index is 3.40. The number of hydrogen-bond acceptors (Lipinski definition) is 3. The van der Waals surface area contributed by atoms with E-state index >= 15 is 0 Å². The van der Waals surface area contributed by atoms with Crippen LogP contribution in [0.5, 0.6) is 0 Å². The van der Waals surface area contributed by atoms with Crippen molar-refractivity contribution in [2.75, 3.05) is 26.9 Å². The maximum Gasteiger partial charge on any atom is 0.0637 e. The highest BCUT2D eigenvalue weighted by molar-refractivity contribution is 4.75. The number of ether oxygens (including phenoxy) is 2. The summed E-state index contributed by atoms with van der Waals surface area (Å²) in [5.41, 5.74) is -0.0300. The van der Waals surface area contributed by atoms with E-state index in [1.807, 2.05) is 6.92 Å². The number of nitrogens with one attached hydrogen (secondary N) is 1. The summed E-state index contributed by atoms with van der Waals surface area (Å²) >= 11 is 0. The topological polar surface area (TPSA) is 30.5 Å². The average molecular weight is 231 g/mol. The van der Waals surface area contributed by atoms with Crippen LogP contribution in [0, 0.1) is 0 Å². The Morgan fingerprint density at radius 2 is 1.94 bits per heavy atom. The van der Waals surface area contributed by atoms with Crippen LogP contribution in [0.25, 0.3) is 0 Å². The van der Waals surface area contributed by atoms with Gasteiger partial charge in [-0.1, -0.05) is 0 Å². The number of hydrogen-bond donors (Lipinski definition) is 1. The van der Waals surface area contributed by atoms with Gasteiger partial charge < -0.3 is 14.8 Å². The molecule has 98 valence electrons. The predicted molar refractivity (Wildman–Crippen MR) is 68.9 cm³/mol. The van der Waals surface area contributed by atoms with Gasteiger partial charge in [-0.15, -0.1) is 0 Å². The third kappa shape index (κ3) is 9.13. The molecule has 0 saturated heterocycles. The van der Waals surface area contributed by atoms with Crippen molar-refractivity contribution >= 4 is 0 Å². The molecule has 0 amide bonds. The van der Waals surface area contributed by atoms with Crippen molar-refractivity contribution < 1.29 is 9.47 Å². The molecule has 16 heavy (non-hydrogen) atoms. The molecule has 0 bridgehead atoms. The summed E-state index contributed by atoms with van der Waals surface area (Å²) in [6.07, 6.45) is 3.36. The molecule has 0 fully saturated rings. The van der Waals surface area contributed by atoms with Crippen molar-refractivity contribution in [3.8, 4) is 0 Å². The molecule has 0 aromatic heterocycles. The minimum atomic E-state index is -0.0300. The van der Waals surface area contributed by atoms with Crippen molar-refractivity contribution in [1.29, 1.82) is 0 Å². The van der Waals surface area contributed by atoms with Crippen LogP contribution in [-0.4, -0.2) is 38.5 Å². The summed E-state index contributed by atoms with van der Waals surface area (Å²) in [6.45, 7) is 11.3. The third-order valence-corrected chi connectivity index (χ3v) is 2.76. The minimum Gasteiger partial charge on any atom is -0.382 e. The van der Waals surface area contributed by atoms with Crippen molar-refractivity contribution in [1.82, 2.24) is 5.32 Å². The first-order valence-electron chi connectivity index (χ1n) is 6.38. The second kappa shape index (κ2) is 8.97. The van der Waals surface area contributed by atoms with Crippen molar-refractivity contribution in [2.24, 2.45) is 0 Å². The van der Waals surface area contributed by atoms with Gasteiger partial charge in [0.15, 0.2) is 0 Å². The van der Waals surface area contributed by atoms with Gasteiger partial charge in [0.2, 0.25) is 0 Å². The van der Waals surface area contributed by atoms with Crippen LogP contribution < -0.4 is 5.32 Å². The third-order valence-electron chi connectivity index (χ3n) is 2.76. The Morgan fingerprint density at radius 1 is 1.25 bits per heavy atom. The standard InChI is InChI=1S/C13H29NO2/c1-6-16-10-8-7-9-14-12(2)11-13(3,4)15-5/h12,14H,6-11H2,1-5H3. The molecule has 0 aromatic rings. The molecule has 0 aromatic carbocycles. The normalized spacial score (nSPS) is 14.1. The fourth-order valence-electron chi connectivity index (χ4n) is 1.71. The maximum absolute atomic E-state index is 5.41. The van der Waals surface area contributed by atoms with E-state index in [0.29, 0.717) is 6.04 Å².